The first-order chi connectivity index (χ1) is 15.1. The Bertz CT molecular complexity index is 1300. The summed E-state index contributed by atoms with van der Waals surface area (Å²) in [6.07, 6.45) is 3.41. The molecule has 0 saturated carbocycles. The standard InChI is InChI=1S/C24H18N4O3/c1-16(29)21-12-7-13-26(21)22-17(14-25-28(22)18-8-3-2-4-9-18)15-27-23(30)19-10-5-6-11-20(19)24(27)31/h2-14H,15H2,1H3. The second-order valence-electron chi connectivity index (χ2n) is 7.30. The van der Waals surface area contributed by atoms with Crippen LogP contribution in [0.2, 0.25) is 0 Å². The van der Waals surface area contributed by atoms with E-state index in [-0.39, 0.29) is 24.1 Å². The van der Waals surface area contributed by atoms with Crippen molar-refractivity contribution in [3.8, 4) is 11.5 Å². The third-order valence-electron chi connectivity index (χ3n) is 5.36. The molecule has 0 saturated heterocycles. The van der Waals surface area contributed by atoms with Crippen molar-refractivity contribution in [2.45, 2.75) is 13.5 Å². The Kier molecular flexibility index (Phi) is 4.36. The van der Waals surface area contributed by atoms with Crippen LogP contribution in [0.4, 0.5) is 0 Å². The van der Waals surface area contributed by atoms with Crippen molar-refractivity contribution in [3.63, 3.8) is 0 Å². The summed E-state index contributed by atoms with van der Waals surface area (Å²) >= 11 is 0. The van der Waals surface area contributed by atoms with Gasteiger partial charge < -0.3 is 0 Å². The van der Waals surface area contributed by atoms with Gasteiger partial charge in [-0.2, -0.15) is 5.10 Å². The van der Waals surface area contributed by atoms with Gasteiger partial charge in [-0.3, -0.25) is 23.9 Å². The van der Waals surface area contributed by atoms with E-state index in [1.807, 2.05) is 30.3 Å². The van der Waals surface area contributed by atoms with E-state index in [2.05, 4.69) is 5.10 Å². The first-order valence-electron chi connectivity index (χ1n) is 9.82. The Balaban J connectivity index is 1.63. The monoisotopic (exact) mass is 410 g/mol. The van der Waals surface area contributed by atoms with Gasteiger partial charge in [-0.05, 0) is 36.4 Å². The van der Waals surface area contributed by atoms with E-state index in [9.17, 15) is 14.4 Å². The minimum Gasteiger partial charge on any atom is -0.298 e. The van der Waals surface area contributed by atoms with Crippen LogP contribution in [0.25, 0.3) is 11.5 Å². The molecular formula is C24H18N4O3. The zero-order valence-electron chi connectivity index (χ0n) is 16.7. The van der Waals surface area contributed by atoms with Crippen LogP contribution in [0.15, 0.2) is 79.1 Å². The van der Waals surface area contributed by atoms with Crippen molar-refractivity contribution < 1.29 is 14.4 Å². The summed E-state index contributed by atoms with van der Waals surface area (Å²) in [6.45, 7) is 1.54. The number of amides is 2. The summed E-state index contributed by atoms with van der Waals surface area (Å²) in [5.41, 5.74) is 2.73. The molecule has 1 aliphatic heterocycles. The van der Waals surface area contributed by atoms with Gasteiger partial charge in [0.15, 0.2) is 5.78 Å². The lowest BCUT2D eigenvalue weighted by molar-refractivity contribution is 0.0642. The van der Waals surface area contributed by atoms with Gasteiger partial charge >= 0.3 is 0 Å². The highest BCUT2D eigenvalue weighted by Crippen LogP contribution is 2.28. The number of rotatable bonds is 5. The van der Waals surface area contributed by atoms with E-state index >= 15 is 0 Å². The summed E-state index contributed by atoms with van der Waals surface area (Å²) in [5, 5.41) is 4.52. The number of hydrogen-bond acceptors (Lipinski definition) is 4. The molecule has 152 valence electrons. The fourth-order valence-electron chi connectivity index (χ4n) is 3.91. The number of hydrogen-bond donors (Lipinski definition) is 0. The fourth-order valence-corrected chi connectivity index (χ4v) is 3.91. The highest BCUT2D eigenvalue weighted by molar-refractivity contribution is 6.21. The number of ketones is 1. The highest BCUT2D eigenvalue weighted by atomic mass is 16.2. The van der Waals surface area contributed by atoms with Gasteiger partial charge in [0.2, 0.25) is 0 Å². The summed E-state index contributed by atoms with van der Waals surface area (Å²) in [5.74, 6) is -0.160. The predicted molar refractivity (Wildman–Crippen MR) is 114 cm³/mol. The maximum absolute atomic E-state index is 12.9. The zero-order valence-corrected chi connectivity index (χ0v) is 16.7. The molecule has 0 fully saturated rings. The molecule has 7 heteroatoms. The van der Waals surface area contributed by atoms with E-state index in [1.165, 1.54) is 11.8 Å². The smallest absolute Gasteiger partial charge is 0.261 e. The Morgan fingerprint density at radius 1 is 0.871 bits per heavy atom. The average Bonchev–Trinajstić information content (AvgIpc) is 3.48. The second-order valence-corrected chi connectivity index (χ2v) is 7.30. The summed E-state index contributed by atoms with van der Waals surface area (Å²) in [7, 11) is 0. The zero-order chi connectivity index (χ0) is 21.5. The molecule has 0 atom stereocenters. The molecular weight excluding hydrogens is 392 g/mol. The van der Waals surface area contributed by atoms with Crippen LogP contribution >= 0.6 is 0 Å². The fraction of sp³-hybridized carbons (Fsp3) is 0.0833. The van der Waals surface area contributed by atoms with Crippen molar-refractivity contribution in [1.82, 2.24) is 19.2 Å². The molecule has 2 aromatic heterocycles. The first-order valence-corrected chi connectivity index (χ1v) is 9.82. The second kappa shape index (κ2) is 7.21. The topological polar surface area (TPSA) is 77.2 Å². The maximum Gasteiger partial charge on any atom is 0.261 e. The molecule has 2 aromatic carbocycles. The summed E-state index contributed by atoms with van der Waals surface area (Å²) in [6, 6.07) is 19.8. The Hall–Kier alpha value is -4.26. The molecule has 5 rings (SSSR count). The van der Waals surface area contributed by atoms with E-state index in [1.54, 1.807) is 58.0 Å². The number of benzene rings is 2. The summed E-state index contributed by atoms with van der Waals surface area (Å²) in [4.78, 5) is 39.2. The van der Waals surface area contributed by atoms with Crippen molar-refractivity contribution in [2.24, 2.45) is 0 Å². The average molecular weight is 410 g/mol. The lowest BCUT2D eigenvalue weighted by Crippen LogP contribution is -2.29. The lowest BCUT2D eigenvalue weighted by atomic mass is 10.1. The molecule has 0 aliphatic carbocycles. The predicted octanol–water partition coefficient (Wildman–Crippen LogP) is 3.66. The molecule has 2 amide bonds. The van der Waals surface area contributed by atoms with E-state index < -0.39 is 0 Å². The molecule has 0 spiro atoms. The van der Waals surface area contributed by atoms with Crippen molar-refractivity contribution >= 4 is 17.6 Å². The first kappa shape index (κ1) is 18.7. The number of para-hydroxylation sites is 1. The van der Waals surface area contributed by atoms with Crippen LogP contribution < -0.4 is 0 Å². The quantitative estimate of drug-likeness (QED) is 0.372. The Morgan fingerprint density at radius 2 is 1.52 bits per heavy atom. The van der Waals surface area contributed by atoms with Gasteiger partial charge in [0, 0.05) is 18.7 Å². The van der Waals surface area contributed by atoms with Gasteiger partial charge in [0.25, 0.3) is 11.8 Å². The van der Waals surface area contributed by atoms with E-state index in [4.69, 9.17) is 0 Å². The molecule has 3 heterocycles. The number of Topliss-reactive ketones (excluding diaryl/α,β-unsaturated/α-hetero) is 1. The van der Waals surface area contributed by atoms with Crippen LogP contribution in [-0.2, 0) is 6.54 Å². The van der Waals surface area contributed by atoms with Crippen LogP contribution in [0, 0.1) is 0 Å². The number of carbonyl (C=O) groups excluding carboxylic acids is 3. The maximum atomic E-state index is 12.9. The molecule has 0 unspecified atom stereocenters. The van der Waals surface area contributed by atoms with Gasteiger partial charge in [0.1, 0.15) is 5.82 Å². The molecule has 4 aromatic rings. The van der Waals surface area contributed by atoms with Gasteiger partial charge in [-0.15, -0.1) is 0 Å². The van der Waals surface area contributed by atoms with Crippen LogP contribution in [0.5, 0.6) is 0 Å². The third kappa shape index (κ3) is 2.98. The van der Waals surface area contributed by atoms with Gasteiger partial charge in [-0.1, -0.05) is 30.3 Å². The number of aromatic nitrogens is 3. The highest BCUT2D eigenvalue weighted by Gasteiger charge is 2.36. The van der Waals surface area contributed by atoms with Crippen molar-refractivity contribution in [3.05, 3.63) is 102 Å². The van der Waals surface area contributed by atoms with Crippen molar-refractivity contribution in [1.29, 1.82) is 0 Å². The molecule has 0 bridgehead atoms. The van der Waals surface area contributed by atoms with E-state index in [0.29, 0.717) is 28.2 Å². The number of carbonyl (C=O) groups is 3. The summed E-state index contributed by atoms with van der Waals surface area (Å²) < 4.78 is 3.45. The molecule has 1 aliphatic rings. The minimum absolute atomic E-state index is 0.0457. The van der Waals surface area contributed by atoms with E-state index in [0.717, 1.165) is 5.69 Å². The minimum atomic E-state index is -0.335. The van der Waals surface area contributed by atoms with Crippen LogP contribution in [0.3, 0.4) is 0 Å². The molecule has 31 heavy (non-hydrogen) atoms. The molecule has 0 radical (unpaired) electrons. The molecule has 7 nitrogen and oxygen atoms in total. The number of fused-ring (bicyclic) bond motifs is 1. The van der Waals surface area contributed by atoms with Crippen LogP contribution in [0.1, 0.15) is 43.7 Å². The van der Waals surface area contributed by atoms with Crippen LogP contribution in [-0.4, -0.2) is 36.8 Å². The van der Waals surface area contributed by atoms with Gasteiger partial charge in [0.05, 0.1) is 35.2 Å². The molecule has 0 N–H and O–H groups in total. The SMILES string of the molecule is CC(=O)c1cccn1-c1c(CN2C(=O)c3ccccc3C2=O)cnn1-c1ccccc1. The Morgan fingerprint density at radius 3 is 2.16 bits per heavy atom. The Labute approximate surface area is 178 Å². The number of imide groups is 1. The van der Waals surface area contributed by atoms with Crippen molar-refractivity contribution in [2.75, 3.05) is 0 Å². The largest absolute Gasteiger partial charge is 0.298 e. The third-order valence-corrected chi connectivity index (χ3v) is 5.36. The van der Waals surface area contributed by atoms with Gasteiger partial charge in [-0.25, -0.2) is 4.68 Å². The lowest BCUT2D eigenvalue weighted by Gasteiger charge is -2.17. The normalized spacial score (nSPS) is 13.0. The number of nitrogens with zero attached hydrogens (tertiary/aromatic N) is 4.